The number of esters is 2. The number of aromatic nitrogens is 2. The maximum Gasteiger partial charge on any atom is 0.315 e. The SMILES string of the molecule is O=C1N[C@H]2[C@H](CS[C@H]2CCCCC(=O)OCc2ccnc(-c3cc(COC(=O)CCCC[C@@H]4SC[C@@H]5NC(=O)N[C@@H]54)ccn3)c2)N1. The van der Waals surface area contributed by atoms with E-state index in [4.69, 9.17) is 9.47 Å². The van der Waals surface area contributed by atoms with Gasteiger partial charge in [-0.25, -0.2) is 9.59 Å². The molecule has 4 fully saturated rings. The van der Waals surface area contributed by atoms with Crippen LogP contribution in [0.1, 0.15) is 62.5 Å². The summed E-state index contributed by atoms with van der Waals surface area (Å²) < 4.78 is 11.0. The topological polar surface area (TPSA) is 161 Å². The molecule has 0 aliphatic carbocycles. The quantitative estimate of drug-likeness (QED) is 0.125. The second-order valence-electron chi connectivity index (χ2n) is 12.2. The summed E-state index contributed by atoms with van der Waals surface area (Å²) in [5, 5.41) is 12.7. The number of nitrogens with one attached hydrogen (secondary N) is 4. The Balaban J connectivity index is 0.876. The molecule has 4 N–H and O–H groups in total. The minimum atomic E-state index is -0.237. The predicted octanol–water partition coefficient (Wildman–Crippen LogP) is 3.68. The number of hydrogen-bond donors (Lipinski definition) is 4. The Morgan fingerprint density at radius 1 is 0.696 bits per heavy atom. The van der Waals surface area contributed by atoms with Gasteiger partial charge in [0.05, 0.1) is 35.6 Å². The molecule has 14 heteroatoms. The molecule has 2 aromatic heterocycles. The minimum absolute atomic E-state index is 0.0803. The molecule has 12 nitrogen and oxygen atoms in total. The third-order valence-electron chi connectivity index (χ3n) is 8.83. The van der Waals surface area contributed by atoms with E-state index >= 15 is 0 Å². The number of fused-ring (bicyclic) bond motifs is 2. The van der Waals surface area contributed by atoms with Crippen LogP contribution in [0.4, 0.5) is 9.59 Å². The van der Waals surface area contributed by atoms with Gasteiger partial charge in [0, 0.05) is 47.2 Å². The second kappa shape index (κ2) is 15.4. The van der Waals surface area contributed by atoms with Crippen molar-refractivity contribution in [1.82, 2.24) is 31.2 Å². The van der Waals surface area contributed by atoms with Gasteiger partial charge in [-0.3, -0.25) is 19.6 Å². The molecule has 2 aromatic rings. The van der Waals surface area contributed by atoms with E-state index in [1.807, 2.05) is 47.8 Å². The minimum Gasteiger partial charge on any atom is -0.461 e. The van der Waals surface area contributed by atoms with Crippen molar-refractivity contribution >= 4 is 47.5 Å². The van der Waals surface area contributed by atoms with Crippen LogP contribution in [0, 0.1) is 0 Å². The van der Waals surface area contributed by atoms with E-state index < -0.39 is 0 Å². The van der Waals surface area contributed by atoms with Gasteiger partial charge in [0.1, 0.15) is 13.2 Å². The van der Waals surface area contributed by atoms with Crippen LogP contribution < -0.4 is 21.3 Å². The van der Waals surface area contributed by atoms with Gasteiger partial charge >= 0.3 is 24.0 Å². The lowest BCUT2D eigenvalue weighted by molar-refractivity contribution is -0.146. The maximum absolute atomic E-state index is 12.4. The number of thioether (sulfide) groups is 2. The van der Waals surface area contributed by atoms with Gasteiger partial charge in [-0.15, -0.1) is 0 Å². The van der Waals surface area contributed by atoms with Crippen molar-refractivity contribution in [2.45, 2.75) is 99.2 Å². The molecular weight excluding hydrogens is 629 g/mol. The molecular formula is C32H40N6O6S2. The molecule has 4 amide bonds. The largest absolute Gasteiger partial charge is 0.461 e. The lowest BCUT2D eigenvalue weighted by Crippen LogP contribution is -2.36. The molecule has 0 saturated carbocycles. The summed E-state index contributed by atoms with van der Waals surface area (Å²) in [4.78, 5) is 56.7. The second-order valence-corrected chi connectivity index (χ2v) is 14.7. The fraction of sp³-hybridized carbons (Fsp3) is 0.562. The van der Waals surface area contributed by atoms with E-state index in [9.17, 15) is 19.2 Å². The Hall–Kier alpha value is -3.52. The highest BCUT2D eigenvalue weighted by Crippen LogP contribution is 2.34. The van der Waals surface area contributed by atoms with E-state index in [1.54, 1.807) is 12.4 Å². The Kier molecular flexibility index (Phi) is 10.8. The van der Waals surface area contributed by atoms with E-state index in [2.05, 4.69) is 31.2 Å². The fourth-order valence-corrected chi connectivity index (χ4v) is 9.48. The first-order valence-electron chi connectivity index (χ1n) is 16.0. The van der Waals surface area contributed by atoms with E-state index in [-0.39, 0.29) is 61.4 Å². The summed E-state index contributed by atoms with van der Waals surface area (Å²) in [7, 11) is 0. The molecule has 6 atom stereocenters. The molecule has 0 spiro atoms. The number of unbranched alkanes of at least 4 members (excludes halogenated alkanes) is 2. The average molecular weight is 669 g/mol. The fourth-order valence-electron chi connectivity index (χ4n) is 6.40. The van der Waals surface area contributed by atoms with Crippen LogP contribution >= 0.6 is 23.5 Å². The van der Waals surface area contributed by atoms with E-state index in [1.165, 1.54) is 0 Å². The zero-order valence-corrected chi connectivity index (χ0v) is 27.2. The maximum atomic E-state index is 12.4. The van der Waals surface area contributed by atoms with Gasteiger partial charge in [-0.2, -0.15) is 23.5 Å². The van der Waals surface area contributed by atoms with Crippen LogP contribution in [0.15, 0.2) is 36.7 Å². The molecule has 46 heavy (non-hydrogen) atoms. The zero-order chi connectivity index (χ0) is 31.9. The number of amides is 4. The summed E-state index contributed by atoms with van der Waals surface area (Å²) in [5.74, 6) is 1.39. The first kappa shape index (κ1) is 32.4. The van der Waals surface area contributed by atoms with Crippen LogP contribution in [0.2, 0.25) is 0 Å². The van der Waals surface area contributed by atoms with Crippen LogP contribution in [-0.4, -0.2) is 80.1 Å². The normalized spacial score (nSPS) is 26.0. The van der Waals surface area contributed by atoms with Gasteiger partial charge in [0.15, 0.2) is 0 Å². The first-order valence-corrected chi connectivity index (χ1v) is 18.1. The summed E-state index contributed by atoms with van der Waals surface area (Å²) in [6.07, 6.45) is 9.26. The Labute approximate surface area is 276 Å². The monoisotopic (exact) mass is 668 g/mol. The van der Waals surface area contributed by atoms with Crippen LogP contribution in [0.5, 0.6) is 0 Å². The molecule has 4 saturated heterocycles. The smallest absolute Gasteiger partial charge is 0.315 e. The lowest BCUT2D eigenvalue weighted by Gasteiger charge is -2.16. The van der Waals surface area contributed by atoms with Crippen LogP contribution in [0.25, 0.3) is 11.4 Å². The van der Waals surface area contributed by atoms with Gasteiger partial charge < -0.3 is 30.7 Å². The highest BCUT2D eigenvalue weighted by molar-refractivity contribution is 8.00. The number of carbonyl (C=O) groups excluding carboxylic acids is 4. The zero-order valence-electron chi connectivity index (χ0n) is 25.6. The van der Waals surface area contributed by atoms with Crippen molar-refractivity contribution in [2.75, 3.05) is 11.5 Å². The Morgan fingerprint density at radius 2 is 1.15 bits per heavy atom. The summed E-state index contributed by atoms with van der Waals surface area (Å²) >= 11 is 3.76. The standard InChI is InChI=1S/C32H40N6O6S2/c39-27(7-3-1-5-25-29-23(17-45-25)35-31(41)37-29)43-15-19-9-11-33-21(13-19)22-14-20(10-12-34-22)16-44-28(40)8-4-2-6-26-30-24(18-46-26)36-32(42)38-30/h9-14,23-26,29-30H,1-8,15-18H2,(H2,35,37,41)(H2,36,38,42)/t23-,24-,25-,26-,29-,30-/m0/s1. The number of hydrogen-bond acceptors (Lipinski definition) is 10. The van der Waals surface area contributed by atoms with Crippen LogP contribution in [0.3, 0.4) is 0 Å². The summed E-state index contributed by atoms with van der Waals surface area (Å²) in [6, 6.07) is 7.95. The molecule has 246 valence electrons. The van der Waals surface area contributed by atoms with Crippen molar-refractivity contribution in [1.29, 1.82) is 0 Å². The van der Waals surface area contributed by atoms with Crippen molar-refractivity contribution < 1.29 is 28.7 Å². The number of ether oxygens (including phenoxy) is 2. The summed E-state index contributed by atoms with van der Waals surface area (Å²) in [6.45, 7) is 0.301. The Morgan fingerprint density at radius 3 is 1.61 bits per heavy atom. The lowest BCUT2D eigenvalue weighted by atomic mass is 10.0. The third-order valence-corrected chi connectivity index (χ3v) is 11.8. The Bertz CT molecular complexity index is 1330. The number of pyridine rings is 2. The number of urea groups is 2. The molecule has 4 aliphatic heterocycles. The van der Waals surface area contributed by atoms with Crippen molar-refractivity contribution in [3.8, 4) is 11.4 Å². The van der Waals surface area contributed by atoms with E-state index in [0.29, 0.717) is 34.7 Å². The average Bonchev–Trinajstić information content (AvgIpc) is 3.82. The van der Waals surface area contributed by atoms with Gasteiger partial charge in [-0.1, -0.05) is 12.8 Å². The van der Waals surface area contributed by atoms with Crippen LogP contribution in [-0.2, 0) is 32.3 Å². The predicted molar refractivity (Wildman–Crippen MR) is 175 cm³/mol. The molecule has 0 radical (unpaired) electrons. The van der Waals surface area contributed by atoms with E-state index in [0.717, 1.165) is 61.2 Å². The molecule has 4 aliphatic rings. The molecule has 6 rings (SSSR count). The number of nitrogens with zero attached hydrogens (tertiary/aromatic N) is 2. The van der Waals surface area contributed by atoms with Gasteiger partial charge in [0.25, 0.3) is 0 Å². The highest BCUT2D eigenvalue weighted by atomic mass is 32.2. The van der Waals surface area contributed by atoms with Crippen molar-refractivity contribution in [3.05, 3.63) is 47.8 Å². The molecule has 6 heterocycles. The van der Waals surface area contributed by atoms with Crippen molar-refractivity contribution in [3.63, 3.8) is 0 Å². The first-order chi connectivity index (χ1) is 22.4. The number of rotatable bonds is 15. The summed E-state index contributed by atoms with van der Waals surface area (Å²) in [5.41, 5.74) is 2.91. The highest BCUT2D eigenvalue weighted by Gasteiger charge is 2.43. The third kappa shape index (κ3) is 8.44. The molecule has 0 aromatic carbocycles. The van der Waals surface area contributed by atoms with Crippen molar-refractivity contribution in [2.24, 2.45) is 0 Å². The van der Waals surface area contributed by atoms with Gasteiger partial charge in [0.2, 0.25) is 0 Å². The van der Waals surface area contributed by atoms with Gasteiger partial charge in [-0.05, 0) is 61.1 Å². The molecule has 0 bridgehead atoms. The molecule has 0 unspecified atom stereocenters. The number of carbonyl (C=O) groups is 4.